The molecule has 0 aliphatic heterocycles. The largest absolute Gasteiger partial charge is 0.496 e. The Hall–Kier alpha value is -0.610. The van der Waals surface area contributed by atoms with E-state index in [-0.39, 0.29) is 0 Å². The summed E-state index contributed by atoms with van der Waals surface area (Å²) in [6, 6.07) is 5.80. The van der Waals surface area contributed by atoms with Crippen LogP contribution in [0.5, 0.6) is 5.75 Å². The Balaban J connectivity index is 2.87. The first kappa shape index (κ1) is 9.93. The van der Waals surface area contributed by atoms with Crippen molar-refractivity contribution in [3.63, 3.8) is 0 Å². The second-order valence-corrected chi connectivity index (χ2v) is 4.42. The van der Waals surface area contributed by atoms with E-state index in [2.05, 4.69) is 36.8 Å². The third-order valence-corrected chi connectivity index (χ3v) is 3.39. The number of hydrogen-bond acceptors (Lipinski definition) is 2. The van der Waals surface area contributed by atoms with Gasteiger partial charge in [0.05, 0.1) is 17.1 Å². The van der Waals surface area contributed by atoms with Crippen LogP contribution in [0.2, 0.25) is 0 Å². The third kappa shape index (κ3) is 1.53. The molecule has 4 heteroatoms. The van der Waals surface area contributed by atoms with Crippen LogP contribution >= 0.6 is 31.9 Å². The topological polar surface area (TPSA) is 22.1 Å². The van der Waals surface area contributed by atoms with E-state index in [1.54, 1.807) is 13.3 Å². The van der Waals surface area contributed by atoms with Crippen molar-refractivity contribution in [2.75, 3.05) is 7.11 Å². The number of methoxy groups -OCH3 is 1. The quantitative estimate of drug-likeness (QED) is 0.799. The van der Waals surface area contributed by atoms with Crippen LogP contribution in [0.25, 0.3) is 10.9 Å². The molecule has 1 aromatic heterocycles. The second kappa shape index (κ2) is 3.87. The molecule has 2 aromatic rings. The Bertz CT molecular complexity index is 485. The molecule has 0 N–H and O–H groups in total. The van der Waals surface area contributed by atoms with Crippen LogP contribution in [-0.2, 0) is 0 Å². The van der Waals surface area contributed by atoms with Gasteiger partial charge >= 0.3 is 0 Å². The highest BCUT2D eigenvalue weighted by molar-refractivity contribution is 9.11. The summed E-state index contributed by atoms with van der Waals surface area (Å²) >= 11 is 6.95. The van der Waals surface area contributed by atoms with Crippen LogP contribution in [0.3, 0.4) is 0 Å². The number of nitrogens with zero attached hydrogens (tertiary/aromatic N) is 1. The molecular formula is C10H7Br2NO. The maximum Gasteiger partial charge on any atom is 0.134 e. The van der Waals surface area contributed by atoms with Crippen molar-refractivity contribution in [3.05, 3.63) is 33.3 Å². The molecule has 72 valence electrons. The van der Waals surface area contributed by atoms with Crippen molar-refractivity contribution >= 4 is 42.8 Å². The SMILES string of the molecule is COc1cc(Br)c2ncccc2c1Br. The molecule has 0 amide bonds. The molecule has 1 heterocycles. The summed E-state index contributed by atoms with van der Waals surface area (Å²) in [6.45, 7) is 0. The van der Waals surface area contributed by atoms with Gasteiger partial charge in [0.2, 0.25) is 0 Å². The smallest absolute Gasteiger partial charge is 0.134 e. The predicted molar refractivity (Wildman–Crippen MR) is 63.7 cm³/mol. The Morgan fingerprint density at radius 2 is 2.14 bits per heavy atom. The number of pyridine rings is 1. The minimum absolute atomic E-state index is 0.803. The van der Waals surface area contributed by atoms with Gasteiger partial charge in [0.25, 0.3) is 0 Å². The minimum atomic E-state index is 0.803. The number of hydrogen-bond donors (Lipinski definition) is 0. The fourth-order valence-corrected chi connectivity index (χ4v) is 2.42. The molecule has 0 atom stereocenters. The molecule has 0 fully saturated rings. The van der Waals surface area contributed by atoms with Crippen LogP contribution < -0.4 is 4.74 Å². The Morgan fingerprint density at radius 1 is 1.36 bits per heavy atom. The van der Waals surface area contributed by atoms with E-state index in [4.69, 9.17) is 4.74 Å². The number of halogens is 2. The Morgan fingerprint density at radius 3 is 2.86 bits per heavy atom. The van der Waals surface area contributed by atoms with Crippen molar-refractivity contribution in [2.24, 2.45) is 0 Å². The summed E-state index contributed by atoms with van der Waals surface area (Å²) in [4.78, 5) is 4.28. The first-order valence-electron chi connectivity index (χ1n) is 4.00. The molecule has 0 bridgehead atoms. The van der Waals surface area contributed by atoms with Gasteiger partial charge in [0.15, 0.2) is 0 Å². The van der Waals surface area contributed by atoms with Gasteiger partial charge in [-0.05, 0) is 50.1 Å². The summed E-state index contributed by atoms with van der Waals surface area (Å²) in [6.07, 6.45) is 1.77. The monoisotopic (exact) mass is 315 g/mol. The molecule has 0 radical (unpaired) electrons. The first-order chi connectivity index (χ1) is 6.74. The predicted octanol–water partition coefficient (Wildman–Crippen LogP) is 3.77. The molecule has 0 spiro atoms. The first-order valence-corrected chi connectivity index (χ1v) is 5.59. The van der Waals surface area contributed by atoms with Crippen LogP contribution in [0.4, 0.5) is 0 Å². The molecular weight excluding hydrogens is 310 g/mol. The van der Waals surface area contributed by atoms with Gasteiger partial charge in [0.1, 0.15) is 5.75 Å². The Labute approximate surface area is 98.5 Å². The number of aromatic nitrogens is 1. The van der Waals surface area contributed by atoms with E-state index in [0.29, 0.717) is 0 Å². The van der Waals surface area contributed by atoms with Gasteiger partial charge in [-0.15, -0.1) is 0 Å². The normalized spacial score (nSPS) is 10.5. The lowest BCUT2D eigenvalue weighted by atomic mass is 10.2. The van der Waals surface area contributed by atoms with Crippen LogP contribution in [0, 0.1) is 0 Å². The van der Waals surface area contributed by atoms with Crippen molar-refractivity contribution in [1.82, 2.24) is 4.98 Å². The van der Waals surface area contributed by atoms with Crippen molar-refractivity contribution in [2.45, 2.75) is 0 Å². The molecule has 2 rings (SSSR count). The number of rotatable bonds is 1. The van der Waals surface area contributed by atoms with Gasteiger partial charge in [0, 0.05) is 16.1 Å². The number of ether oxygens (including phenoxy) is 1. The second-order valence-electron chi connectivity index (χ2n) is 2.77. The van der Waals surface area contributed by atoms with E-state index in [0.717, 1.165) is 25.6 Å². The fraction of sp³-hybridized carbons (Fsp3) is 0.100. The van der Waals surface area contributed by atoms with E-state index in [1.807, 2.05) is 18.2 Å². The molecule has 0 saturated carbocycles. The minimum Gasteiger partial charge on any atom is -0.496 e. The lowest BCUT2D eigenvalue weighted by molar-refractivity contribution is 0.412. The maximum atomic E-state index is 5.23. The van der Waals surface area contributed by atoms with E-state index in [1.165, 1.54) is 0 Å². The van der Waals surface area contributed by atoms with Crippen LogP contribution in [0.15, 0.2) is 33.3 Å². The molecule has 0 aliphatic rings. The highest BCUT2D eigenvalue weighted by Gasteiger charge is 2.09. The standard InChI is InChI=1S/C10H7Br2NO/c1-14-8-5-7(11)10-6(9(8)12)3-2-4-13-10/h2-5H,1H3. The average molecular weight is 317 g/mol. The summed E-state index contributed by atoms with van der Waals surface area (Å²) in [7, 11) is 1.65. The van der Waals surface area contributed by atoms with Gasteiger partial charge in [-0.25, -0.2) is 0 Å². The molecule has 0 saturated heterocycles. The number of benzene rings is 1. The summed E-state index contributed by atoms with van der Waals surface area (Å²) < 4.78 is 7.10. The van der Waals surface area contributed by atoms with Crippen molar-refractivity contribution in [1.29, 1.82) is 0 Å². The highest BCUT2D eigenvalue weighted by Crippen LogP contribution is 2.36. The Kier molecular flexibility index (Phi) is 2.74. The summed E-state index contributed by atoms with van der Waals surface area (Å²) in [5, 5.41) is 1.04. The van der Waals surface area contributed by atoms with Gasteiger partial charge in [-0.1, -0.05) is 0 Å². The van der Waals surface area contributed by atoms with Gasteiger partial charge < -0.3 is 4.74 Å². The van der Waals surface area contributed by atoms with Gasteiger partial charge in [-0.2, -0.15) is 0 Å². The van der Waals surface area contributed by atoms with Crippen LogP contribution in [-0.4, -0.2) is 12.1 Å². The average Bonchev–Trinajstić information content (AvgIpc) is 2.23. The zero-order valence-corrected chi connectivity index (χ0v) is 10.6. The maximum absolute atomic E-state index is 5.23. The molecule has 0 unspecified atom stereocenters. The molecule has 1 aromatic carbocycles. The van der Waals surface area contributed by atoms with E-state index in [9.17, 15) is 0 Å². The lowest BCUT2D eigenvalue weighted by Gasteiger charge is -2.07. The highest BCUT2D eigenvalue weighted by atomic mass is 79.9. The zero-order valence-electron chi connectivity index (χ0n) is 7.42. The molecule has 14 heavy (non-hydrogen) atoms. The van der Waals surface area contributed by atoms with Crippen LogP contribution in [0.1, 0.15) is 0 Å². The van der Waals surface area contributed by atoms with E-state index < -0.39 is 0 Å². The third-order valence-electron chi connectivity index (χ3n) is 1.96. The molecule has 0 aliphatic carbocycles. The fourth-order valence-electron chi connectivity index (χ4n) is 1.30. The summed E-state index contributed by atoms with van der Waals surface area (Å²) in [5.74, 6) is 0.803. The van der Waals surface area contributed by atoms with Crippen molar-refractivity contribution in [3.8, 4) is 5.75 Å². The zero-order chi connectivity index (χ0) is 10.1. The summed E-state index contributed by atoms with van der Waals surface area (Å²) in [5.41, 5.74) is 0.931. The number of fused-ring (bicyclic) bond motifs is 1. The van der Waals surface area contributed by atoms with Gasteiger partial charge in [-0.3, -0.25) is 4.98 Å². The van der Waals surface area contributed by atoms with E-state index >= 15 is 0 Å². The van der Waals surface area contributed by atoms with Crippen molar-refractivity contribution < 1.29 is 4.74 Å². The lowest BCUT2D eigenvalue weighted by Crippen LogP contribution is -1.88. The molecule has 2 nitrogen and oxygen atoms in total.